The maximum absolute atomic E-state index is 13.5. The highest BCUT2D eigenvalue weighted by Crippen LogP contribution is 2.08. The lowest BCUT2D eigenvalue weighted by Crippen LogP contribution is -2.39. The molecule has 0 saturated heterocycles. The number of halogens is 1. The lowest BCUT2D eigenvalue weighted by atomic mass is 10.2. The first kappa shape index (κ1) is 14.9. The lowest BCUT2D eigenvalue weighted by molar-refractivity contribution is 0.405. The number of rotatable bonds is 5. The van der Waals surface area contributed by atoms with Crippen LogP contribution in [0.3, 0.4) is 0 Å². The standard InChI is InChI=1S/C13H20FN3S/c1-16(2)9-8-15-13(18)17(3)10-11-6-4-5-7-12(11)14/h4-7H,8-10H2,1-3H3,(H,15,18). The van der Waals surface area contributed by atoms with Crippen molar-refractivity contribution >= 4 is 17.3 Å². The van der Waals surface area contributed by atoms with Gasteiger partial charge in [0, 0.05) is 32.2 Å². The fourth-order valence-electron chi connectivity index (χ4n) is 1.48. The van der Waals surface area contributed by atoms with Gasteiger partial charge in [-0.25, -0.2) is 4.39 Å². The smallest absolute Gasteiger partial charge is 0.169 e. The number of nitrogens with zero attached hydrogens (tertiary/aromatic N) is 2. The van der Waals surface area contributed by atoms with E-state index in [1.54, 1.807) is 12.1 Å². The van der Waals surface area contributed by atoms with Crippen molar-refractivity contribution in [3.05, 3.63) is 35.6 Å². The third-order valence-corrected chi connectivity index (χ3v) is 3.00. The number of benzene rings is 1. The Hall–Kier alpha value is -1.20. The Kier molecular flexibility index (Phi) is 6.01. The van der Waals surface area contributed by atoms with Crippen LogP contribution >= 0.6 is 12.2 Å². The van der Waals surface area contributed by atoms with Crippen molar-refractivity contribution in [1.82, 2.24) is 15.1 Å². The van der Waals surface area contributed by atoms with Crippen LogP contribution in [0.25, 0.3) is 0 Å². The van der Waals surface area contributed by atoms with Gasteiger partial charge in [0.05, 0.1) is 0 Å². The van der Waals surface area contributed by atoms with Crippen molar-refractivity contribution in [2.24, 2.45) is 0 Å². The van der Waals surface area contributed by atoms with Gasteiger partial charge in [-0.2, -0.15) is 0 Å². The Morgan fingerprint density at radius 1 is 1.28 bits per heavy atom. The Balaban J connectivity index is 2.43. The van der Waals surface area contributed by atoms with E-state index in [1.165, 1.54) is 6.07 Å². The highest BCUT2D eigenvalue weighted by molar-refractivity contribution is 7.80. The predicted molar refractivity (Wildman–Crippen MR) is 77.0 cm³/mol. The summed E-state index contributed by atoms with van der Waals surface area (Å²) in [5.41, 5.74) is 0.650. The van der Waals surface area contributed by atoms with E-state index in [4.69, 9.17) is 12.2 Å². The summed E-state index contributed by atoms with van der Waals surface area (Å²) in [5, 5.41) is 3.79. The van der Waals surface area contributed by atoms with Gasteiger partial charge in [-0.05, 0) is 32.4 Å². The van der Waals surface area contributed by atoms with Crippen LogP contribution in [0.5, 0.6) is 0 Å². The molecule has 0 aliphatic carbocycles. The maximum Gasteiger partial charge on any atom is 0.169 e. The molecule has 0 heterocycles. The molecule has 0 saturated carbocycles. The minimum Gasteiger partial charge on any atom is -0.361 e. The lowest BCUT2D eigenvalue weighted by Gasteiger charge is -2.22. The average molecular weight is 269 g/mol. The number of likely N-dealkylation sites (N-methyl/N-ethyl adjacent to an activating group) is 1. The molecule has 5 heteroatoms. The first-order valence-electron chi connectivity index (χ1n) is 5.88. The van der Waals surface area contributed by atoms with Crippen LogP contribution in [0.2, 0.25) is 0 Å². The van der Waals surface area contributed by atoms with E-state index in [0.29, 0.717) is 17.2 Å². The topological polar surface area (TPSA) is 18.5 Å². The van der Waals surface area contributed by atoms with Crippen molar-refractivity contribution in [2.75, 3.05) is 34.2 Å². The highest BCUT2D eigenvalue weighted by atomic mass is 32.1. The van der Waals surface area contributed by atoms with Crippen molar-refractivity contribution in [3.8, 4) is 0 Å². The van der Waals surface area contributed by atoms with Crippen LogP contribution in [0.1, 0.15) is 5.56 Å². The summed E-state index contributed by atoms with van der Waals surface area (Å²) in [6.07, 6.45) is 0. The molecule has 18 heavy (non-hydrogen) atoms. The van der Waals surface area contributed by atoms with Crippen molar-refractivity contribution in [1.29, 1.82) is 0 Å². The second kappa shape index (κ2) is 7.28. The Bertz CT molecular complexity index is 396. The number of nitrogens with one attached hydrogen (secondary N) is 1. The van der Waals surface area contributed by atoms with Gasteiger partial charge in [0.15, 0.2) is 5.11 Å². The summed E-state index contributed by atoms with van der Waals surface area (Å²) in [6.45, 7) is 2.17. The van der Waals surface area contributed by atoms with Gasteiger partial charge in [0.2, 0.25) is 0 Å². The SMILES string of the molecule is CN(C)CCNC(=S)N(C)Cc1ccccc1F. The fraction of sp³-hybridized carbons (Fsp3) is 0.462. The summed E-state index contributed by atoms with van der Waals surface area (Å²) in [7, 11) is 5.87. The molecule has 1 N–H and O–H groups in total. The van der Waals surface area contributed by atoms with Crippen molar-refractivity contribution < 1.29 is 4.39 Å². The molecule has 0 fully saturated rings. The molecule has 0 atom stereocenters. The van der Waals surface area contributed by atoms with E-state index in [-0.39, 0.29) is 5.82 Å². The first-order valence-corrected chi connectivity index (χ1v) is 6.28. The zero-order chi connectivity index (χ0) is 13.5. The van der Waals surface area contributed by atoms with Gasteiger partial charge < -0.3 is 15.1 Å². The van der Waals surface area contributed by atoms with Crippen LogP contribution in [-0.2, 0) is 6.54 Å². The summed E-state index contributed by atoms with van der Waals surface area (Å²) in [5.74, 6) is -0.194. The van der Waals surface area contributed by atoms with Crippen LogP contribution in [-0.4, -0.2) is 49.1 Å². The van der Waals surface area contributed by atoms with Crippen LogP contribution in [0.4, 0.5) is 4.39 Å². The minimum atomic E-state index is -0.194. The zero-order valence-corrected chi connectivity index (χ0v) is 11.9. The summed E-state index contributed by atoms with van der Waals surface area (Å²) >= 11 is 5.24. The zero-order valence-electron chi connectivity index (χ0n) is 11.1. The van der Waals surface area contributed by atoms with E-state index in [1.807, 2.05) is 32.1 Å². The summed E-state index contributed by atoms with van der Waals surface area (Å²) in [4.78, 5) is 3.91. The molecule has 0 aliphatic heterocycles. The molecule has 100 valence electrons. The molecular weight excluding hydrogens is 249 g/mol. The number of hydrogen-bond acceptors (Lipinski definition) is 2. The number of hydrogen-bond donors (Lipinski definition) is 1. The summed E-state index contributed by atoms with van der Waals surface area (Å²) < 4.78 is 13.5. The summed E-state index contributed by atoms with van der Waals surface area (Å²) in [6, 6.07) is 6.75. The molecule has 3 nitrogen and oxygen atoms in total. The molecule has 0 radical (unpaired) electrons. The third-order valence-electron chi connectivity index (χ3n) is 2.55. The van der Waals surface area contributed by atoms with Crippen LogP contribution in [0, 0.1) is 5.82 Å². The van der Waals surface area contributed by atoms with E-state index in [0.717, 1.165) is 13.1 Å². The second-order valence-electron chi connectivity index (χ2n) is 4.48. The number of thiocarbonyl (C=S) groups is 1. The van der Waals surface area contributed by atoms with E-state index >= 15 is 0 Å². The first-order chi connectivity index (χ1) is 8.50. The van der Waals surface area contributed by atoms with Crippen molar-refractivity contribution in [2.45, 2.75) is 6.54 Å². The van der Waals surface area contributed by atoms with Gasteiger partial charge in [0.25, 0.3) is 0 Å². The molecule has 1 aromatic rings. The van der Waals surface area contributed by atoms with Crippen molar-refractivity contribution in [3.63, 3.8) is 0 Å². The fourth-order valence-corrected chi connectivity index (χ4v) is 1.64. The molecule has 0 aliphatic rings. The van der Waals surface area contributed by atoms with Crippen LogP contribution in [0.15, 0.2) is 24.3 Å². The van der Waals surface area contributed by atoms with Gasteiger partial charge >= 0.3 is 0 Å². The third kappa shape index (κ3) is 4.98. The van der Waals surface area contributed by atoms with Gasteiger partial charge in [0.1, 0.15) is 5.82 Å². The van der Waals surface area contributed by atoms with E-state index < -0.39 is 0 Å². The highest BCUT2D eigenvalue weighted by Gasteiger charge is 2.07. The van der Waals surface area contributed by atoms with E-state index in [2.05, 4.69) is 10.2 Å². The minimum absolute atomic E-state index is 0.194. The monoisotopic (exact) mass is 269 g/mol. The Morgan fingerprint density at radius 3 is 2.56 bits per heavy atom. The van der Waals surface area contributed by atoms with Crippen LogP contribution < -0.4 is 5.32 Å². The molecule has 1 aromatic carbocycles. The molecule has 0 amide bonds. The Morgan fingerprint density at radius 2 is 1.94 bits per heavy atom. The quantitative estimate of drug-likeness (QED) is 0.820. The molecule has 1 rings (SSSR count). The molecule has 0 aromatic heterocycles. The maximum atomic E-state index is 13.5. The molecule has 0 spiro atoms. The van der Waals surface area contributed by atoms with Gasteiger partial charge in [-0.3, -0.25) is 0 Å². The second-order valence-corrected chi connectivity index (χ2v) is 4.87. The largest absolute Gasteiger partial charge is 0.361 e. The molecule has 0 bridgehead atoms. The van der Waals surface area contributed by atoms with Gasteiger partial charge in [-0.1, -0.05) is 18.2 Å². The molecule has 0 unspecified atom stereocenters. The molecular formula is C13H20FN3S. The van der Waals surface area contributed by atoms with Gasteiger partial charge in [-0.15, -0.1) is 0 Å². The average Bonchev–Trinajstić information content (AvgIpc) is 2.31. The predicted octanol–water partition coefficient (Wildman–Crippen LogP) is 1.69. The normalized spacial score (nSPS) is 10.5. The van der Waals surface area contributed by atoms with E-state index in [9.17, 15) is 4.39 Å². The Labute approximate surface area is 114 Å².